The fourth-order valence-corrected chi connectivity index (χ4v) is 5.12. The van der Waals surface area contributed by atoms with Crippen molar-refractivity contribution in [3.8, 4) is 5.75 Å². The van der Waals surface area contributed by atoms with Crippen molar-refractivity contribution >= 4 is 39.8 Å². The number of amides is 1. The van der Waals surface area contributed by atoms with Gasteiger partial charge >= 0.3 is 0 Å². The molecule has 0 radical (unpaired) electrons. The lowest BCUT2D eigenvalue weighted by molar-refractivity contribution is -0.121. The second-order valence-corrected chi connectivity index (χ2v) is 9.40. The first-order chi connectivity index (χ1) is 13.1. The van der Waals surface area contributed by atoms with E-state index < -0.39 is 0 Å². The fraction of sp³-hybridized carbons (Fsp3) is 0.526. The molecule has 2 aromatic rings. The molecule has 8 heteroatoms. The number of carbonyl (C=O) groups excluding carboxylic acids is 1. The summed E-state index contributed by atoms with van der Waals surface area (Å²) < 4.78 is 6.11. The van der Waals surface area contributed by atoms with E-state index in [0.29, 0.717) is 17.1 Å². The van der Waals surface area contributed by atoms with Crippen LogP contribution in [0.3, 0.4) is 0 Å². The van der Waals surface area contributed by atoms with Gasteiger partial charge in [0.25, 0.3) is 0 Å². The highest BCUT2D eigenvalue weighted by atomic mass is 32.2. The monoisotopic (exact) mass is 406 g/mol. The van der Waals surface area contributed by atoms with Crippen LogP contribution in [-0.4, -0.2) is 34.5 Å². The molecular weight excluding hydrogens is 380 g/mol. The van der Waals surface area contributed by atoms with Crippen LogP contribution in [-0.2, 0) is 4.79 Å². The van der Waals surface area contributed by atoms with Crippen LogP contribution in [0.25, 0.3) is 0 Å². The van der Waals surface area contributed by atoms with E-state index in [1.807, 2.05) is 31.2 Å². The van der Waals surface area contributed by atoms with Crippen LogP contribution in [0.4, 0.5) is 10.8 Å². The van der Waals surface area contributed by atoms with Gasteiger partial charge in [0, 0.05) is 6.04 Å². The Balaban J connectivity index is 1.55. The average molecular weight is 407 g/mol. The second kappa shape index (κ2) is 9.41. The van der Waals surface area contributed by atoms with Crippen LogP contribution in [0, 0.1) is 5.92 Å². The number of methoxy groups -OCH3 is 1. The molecule has 6 nitrogen and oxygen atoms in total. The zero-order chi connectivity index (χ0) is 19.2. The lowest BCUT2D eigenvalue weighted by Crippen LogP contribution is -2.44. The van der Waals surface area contributed by atoms with E-state index in [1.54, 1.807) is 7.11 Å². The molecule has 3 rings (SSSR count). The Morgan fingerprint density at radius 1 is 1.30 bits per heavy atom. The van der Waals surface area contributed by atoms with E-state index in [9.17, 15) is 4.79 Å². The molecule has 0 saturated heterocycles. The molecule has 1 aromatic carbocycles. The van der Waals surface area contributed by atoms with E-state index in [2.05, 4.69) is 27.8 Å². The standard InChI is InChI=1S/C19H26N4O2S2/c1-12-8-4-5-9-14(12)20-17(24)13(2)26-19-23-22-18(27-19)21-15-10-6-7-11-16(15)25-3/h6-7,10-14H,4-5,8-9H2,1-3H3,(H,20,24)(H,21,22). The molecule has 1 fully saturated rings. The van der Waals surface area contributed by atoms with E-state index >= 15 is 0 Å². The zero-order valence-corrected chi connectivity index (χ0v) is 17.5. The minimum absolute atomic E-state index is 0.0770. The minimum Gasteiger partial charge on any atom is -0.495 e. The lowest BCUT2D eigenvalue weighted by Gasteiger charge is -2.30. The number of benzene rings is 1. The number of ether oxygens (including phenoxy) is 1. The number of rotatable bonds is 7. The van der Waals surface area contributed by atoms with Crippen molar-refractivity contribution in [2.24, 2.45) is 5.92 Å². The van der Waals surface area contributed by atoms with E-state index in [-0.39, 0.29) is 11.2 Å². The molecule has 0 aliphatic heterocycles. The van der Waals surface area contributed by atoms with Crippen LogP contribution in [0.2, 0.25) is 0 Å². The van der Waals surface area contributed by atoms with Gasteiger partial charge in [-0.05, 0) is 37.8 Å². The molecule has 1 heterocycles. The van der Waals surface area contributed by atoms with Gasteiger partial charge in [0.1, 0.15) is 5.75 Å². The third-order valence-corrected chi connectivity index (χ3v) is 6.86. The summed E-state index contributed by atoms with van der Waals surface area (Å²) in [5.74, 6) is 1.38. The third kappa shape index (κ3) is 5.35. The first-order valence-corrected chi connectivity index (χ1v) is 11.0. The highest BCUT2D eigenvalue weighted by molar-refractivity contribution is 8.02. The molecular formula is C19H26N4O2S2. The number of aromatic nitrogens is 2. The number of nitrogens with zero attached hydrogens (tertiary/aromatic N) is 2. The van der Waals surface area contributed by atoms with Crippen LogP contribution >= 0.6 is 23.1 Å². The van der Waals surface area contributed by atoms with Gasteiger partial charge in [-0.2, -0.15) is 0 Å². The normalized spacial score (nSPS) is 20.7. The summed E-state index contributed by atoms with van der Waals surface area (Å²) in [7, 11) is 1.63. The Morgan fingerprint density at radius 2 is 2.07 bits per heavy atom. The van der Waals surface area contributed by atoms with Crippen molar-refractivity contribution in [1.29, 1.82) is 0 Å². The van der Waals surface area contributed by atoms with Crippen molar-refractivity contribution in [3.05, 3.63) is 24.3 Å². The van der Waals surface area contributed by atoms with Crippen LogP contribution < -0.4 is 15.4 Å². The lowest BCUT2D eigenvalue weighted by atomic mass is 9.86. The Kier molecular flexibility index (Phi) is 6.95. The number of carbonyl (C=O) groups is 1. The zero-order valence-electron chi connectivity index (χ0n) is 15.9. The first kappa shape index (κ1) is 19.9. The number of para-hydroxylation sites is 2. The maximum absolute atomic E-state index is 12.5. The van der Waals surface area contributed by atoms with Crippen molar-refractivity contribution < 1.29 is 9.53 Å². The average Bonchev–Trinajstić information content (AvgIpc) is 3.10. The Morgan fingerprint density at radius 3 is 2.85 bits per heavy atom. The maximum Gasteiger partial charge on any atom is 0.233 e. The number of hydrogen-bond donors (Lipinski definition) is 2. The molecule has 3 atom stereocenters. The second-order valence-electron chi connectivity index (χ2n) is 6.84. The number of nitrogens with one attached hydrogen (secondary N) is 2. The summed E-state index contributed by atoms with van der Waals surface area (Å²) in [5.41, 5.74) is 0.838. The quantitative estimate of drug-likeness (QED) is 0.661. The molecule has 27 heavy (non-hydrogen) atoms. The van der Waals surface area contributed by atoms with Gasteiger partial charge in [0.15, 0.2) is 4.34 Å². The van der Waals surface area contributed by atoms with Crippen molar-refractivity contribution in [2.75, 3.05) is 12.4 Å². The topological polar surface area (TPSA) is 76.1 Å². The Hall–Kier alpha value is -1.80. The van der Waals surface area contributed by atoms with Gasteiger partial charge in [0.2, 0.25) is 11.0 Å². The highest BCUT2D eigenvalue weighted by Gasteiger charge is 2.25. The van der Waals surface area contributed by atoms with Crippen LogP contribution in [0.5, 0.6) is 5.75 Å². The third-order valence-electron chi connectivity index (χ3n) is 4.84. The molecule has 1 amide bonds. The minimum atomic E-state index is -0.203. The van der Waals surface area contributed by atoms with E-state index in [0.717, 1.165) is 22.2 Å². The van der Waals surface area contributed by atoms with Gasteiger partial charge in [0.05, 0.1) is 18.0 Å². The van der Waals surface area contributed by atoms with Crippen LogP contribution in [0.15, 0.2) is 28.6 Å². The predicted octanol–water partition coefficient (Wildman–Crippen LogP) is 4.47. The summed E-state index contributed by atoms with van der Waals surface area (Å²) >= 11 is 2.88. The smallest absolute Gasteiger partial charge is 0.233 e. The van der Waals surface area contributed by atoms with Gasteiger partial charge < -0.3 is 15.4 Å². The van der Waals surface area contributed by atoms with Crippen molar-refractivity contribution in [2.45, 2.75) is 55.2 Å². The van der Waals surface area contributed by atoms with E-state index in [4.69, 9.17) is 4.74 Å². The summed E-state index contributed by atoms with van der Waals surface area (Å²) in [6.07, 6.45) is 4.74. The van der Waals surface area contributed by atoms with Crippen LogP contribution in [0.1, 0.15) is 39.5 Å². The van der Waals surface area contributed by atoms with Gasteiger partial charge in [-0.25, -0.2) is 0 Å². The summed E-state index contributed by atoms with van der Waals surface area (Å²) in [6, 6.07) is 7.96. The predicted molar refractivity (Wildman–Crippen MR) is 111 cm³/mol. The molecule has 0 spiro atoms. The molecule has 3 unspecified atom stereocenters. The molecule has 1 aliphatic rings. The molecule has 146 valence electrons. The van der Waals surface area contributed by atoms with Gasteiger partial charge in [-0.15, -0.1) is 10.2 Å². The van der Waals surface area contributed by atoms with E-state index in [1.165, 1.54) is 42.4 Å². The Labute approximate surface area is 168 Å². The number of anilines is 2. The Bertz CT molecular complexity index is 768. The highest BCUT2D eigenvalue weighted by Crippen LogP contribution is 2.33. The summed E-state index contributed by atoms with van der Waals surface area (Å²) in [4.78, 5) is 12.5. The summed E-state index contributed by atoms with van der Waals surface area (Å²) in [6.45, 7) is 4.14. The first-order valence-electron chi connectivity index (χ1n) is 9.27. The van der Waals surface area contributed by atoms with Gasteiger partial charge in [-0.3, -0.25) is 4.79 Å². The maximum atomic E-state index is 12.5. The largest absolute Gasteiger partial charge is 0.495 e. The van der Waals surface area contributed by atoms with Gasteiger partial charge in [-0.1, -0.05) is 55.0 Å². The molecule has 1 aromatic heterocycles. The number of thioether (sulfide) groups is 1. The SMILES string of the molecule is COc1ccccc1Nc1nnc(SC(C)C(=O)NC2CCCCC2C)s1. The van der Waals surface area contributed by atoms with Crippen molar-refractivity contribution in [3.63, 3.8) is 0 Å². The molecule has 1 aliphatic carbocycles. The number of hydrogen-bond acceptors (Lipinski definition) is 7. The van der Waals surface area contributed by atoms with Crippen molar-refractivity contribution in [1.82, 2.24) is 15.5 Å². The summed E-state index contributed by atoms with van der Waals surface area (Å²) in [5, 5.41) is 15.3. The fourth-order valence-electron chi connectivity index (χ4n) is 3.21. The molecule has 2 N–H and O–H groups in total. The molecule has 0 bridgehead atoms. The molecule has 1 saturated carbocycles.